The minimum absolute atomic E-state index is 0.0348. The second-order valence-corrected chi connectivity index (χ2v) is 6.01. The van der Waals surface area contributed by atoms with E-state index in [0.29, 0.717) is 5.76 Å². The maximum absolute atomic E-state index is 12.2. The van der Waals surface area contributed by atoms with Gasteiger partial charge in [0, 0.05) is 43.8 Å². The second kappa shape index (κ2) is 7.49. The molecular formula is C18H19ClN2O2. The highest BCUT2D eigenvalue weighted by Crippen LogP contribution is 2.13. The van der Waals surface area contributed by atoms with Gasteiger partial charge in [0.15, 0.2) is 0 Å². The van der Waals surface area contributed by atoms with Crippen molar-refractivity contribution < 1.29 is 9.21 Å². The van der Waals surface area contributed by atoms with Crippen molar-refractivity contribution in [2.24, 2.45) is 0 Å². The molecule has 0 saturated carbocycles. The first-order valence-corrected chi connectivity index (χ1v) is 8.06. The Labute approximate surface area is 140 Å². The van der Waals surface area contributed by atoms with Gasteiger partial charge >= 0.3 is 0 Å². The van der Waals surface area contributed by atoms with Gasteiger partial charge in [-0.2, -0.15) is 0 Å². The molecular weight excluding hydrogens is 312 g/mol. The molecule has 1 aliphatic heterocycles. The summed E-state index contributed by atoms with van der Waals surface area (Å²) in [6.07, 6.45) is 4.88. The normalized spacial score (nSPS) is 16.1. The first kappa shape index (κ1) is 15.8. The summed E-state index contributed by atoms with van der Waals surface area (Å²) in [6, 6.07) is 11.6. The molecule has 0 unspecified atom stereocenters. The van der Waals surface area contributed by atoms with Crippen LogP contribution in [0, 0.1) is 0 Å². The Hall–Kier alpha value is -2.04. The molecule has 1 aromatic carbocycles. The van der Waals surface area contributed by atoms with Crippen LogP contribution in [0.5, 0.6) is 0 Å². The van der Waals surface area contributed by atoms with Gasteiger partial charge in [-0.15, -0.1) is 0 Å². The molecule has 0 atom stereocenters. The zero-order valence-corrected chi connectivity index (χ0v) is 13.6. The molecule has 5 heteroatoms. The average Bonchev–Trinajstić information content (AvgIpc) is 3.09. The molecule has 120 valence electrons. The third-order valence-corrected chi connectivity index (χ3v) is 4.19. The third kappa shape index (κ3) is 4.47. The molecule has 1 aromatic heterocycles. The van der Waals surface area contributed by atoms with E-state index in [1.165, 1.54) is 5.56 Å². The minimum atomic E-state index is 0.0348. The predicted molar refractivity (Wildman–Crippen MR) is 91.1 cm³/mol. The van der Waals surface area contributed by atoms with E-state index in [4.69, 9.17) is 16.0 Å². The van der Waals surface area contributed by atoms with Crippen LogP contribution in [-0.4, -0.2) is 41.9 Å². The van der Waals surface area contributed by atoms with E-state index < -0.39 is 0 Å². The van der Waals surface area contributed by atoms with E-state index in [1.54, 1.807) is 24.5 Å². The summed E-state index contributed by atoms with van der Waals surface area (Å²) in [7, 11) is 0. The molecule has 0 bridgehead atoms. The average molecular weight is 331 g/mol. The van der Waals surface area contributed by atoms with Crippen molar-refractivity contribution in [2.45, 2.75) is 6.54 Å². The van der Waals surface area contributed by atoms with E-state index in [-0.39, 0.29) is 5.91 Å². The second-order valence-electron chi connectivity index (χ2n) is 5.58. The number of piperazine rings is 1. The van der Waals surface area contributed by atoms with Crippen LogP contribution >= 0.6 is 11.6 Å². The Balaban J connectivity index is 1.48. The fourth-order valence-electron chi connectivity index (χ4n) is 2.62. The molecule has 2 aromatic rings. The Kier molecular flexibility index (Phi) is 5.16. The number of halogens is 1. The number of amides is 1. The van der Waals surface area contributed by atoms with Crippen molar-refractivity contribution in [3.05, 3.63) is 65.1 Å². The van der Waals surface area contributed by atoms with Crippen LogP contribution in [0.2, 0.25) is 5.02 Å². The lowest BCUT2D eigenvalue weighted by Crippen LogP contribution is -2.47. The zero-order chi connectivity index (χ0) is 16.1. The molecule has 0 spiro atoms. The summed E-state index contributed by atoms with van der Waals surface area (Å²) >= 11 is 5.90. The summed E-state index contributed by atoms with van der Waals surface area (Å²) in [5.74, 6) is 0.729. The van der Waals surface area contributed by atoms with Gasteiger partial charge in [0.1, 0.15) is 5.76 Å². The van der Waals surface area contributed by atoms with Crippen molar-refractivity contribution in [1.82, 2.24) is 9.80 Å². The van der Waals surface area contributed by atoms with Gasteiger partial charge < -0.3 is 9.32 Å². The number of carbonyl (C=O) groups is 1. The molecule has 0 N–H and O–H groups in total. The van der Waals surface area contributed by atoms with Crippen molar-refractivity contribution >= 4 is 23.6 Å². The third-order valence-electron chi connectivity index (χ3n) is 3.94. The number of carbonyl (C=O) groups excluding carboxylic acids is 1. The Morgan fingerprint density at radius 1 is 1.13 bits per heavy atom. The van der Waals surface area contributed by atoms with E-state index in [9.17, 15) is 4.79 Å². The van der Waals surface area contributed by atoms with Gasteiger partial charge in [-0.1, -0.05) is 23.7 Å². The molecule has 1 saturated heterocycles. The number of hydrogen-bond acceptors (Lipinski definition) is 3. The number of nitrogens with zero attached hydrogens (tertiary/aromatic N) is 2. The quantitative estimate of drug-likeness (QED) is 0.807. The lowest BCUT2D eigenvalue weighted by atomic mass is 10.2. The lowest BCUT2D eigenvalue weighted by Gasteiger charge is -2.34. The largest absolute Gasteiger partial charge is 0.465 e. The number of rotatable bonds is 4. The lowest BCUT2D eigenvalue weighted by molar-refractivity contribution is -0.127. The highest BCUT2D eigenvalue weighted by molar-refractivity contribution is 6.30. The Morgan fingerprint density at radius 3 is 2.52 bits per heavy atom. The Morgan fingerprint density at radius 2 is 1.87 bits per heavy atom. The molecule has 0 aliphatic carbocycles. The van der Waals surface area contributed by atoms with E-state index >= 15 is 0 Å². The van der Waals surface area contributed by atoms with Crippen molar-refractivity contribution in [1.29, 1.82) is 0 Å². The van der Waals surface area contributed by atoms with Gasteiger partial charge in [-0.05, 0) is 35.9 Å². The van der Waals surface area contributed by atoms with Crippen LogP contribution in [0.25, 0.3) is 6.08 Å². The topological polar surface area (TPSA) is 36.7 Å². The van der Waals surface area contributed by atoms with Gasteiger partial charge in [0.2, 0.25) is 5.91 Å². The van der Waals surface area contributed by atoms with E-state index in [2.05, 4.69) is 4.90 Å². The summed E-state index contributed by atoms with van der Waals surface area (Å²) in [5.41, 5.74) is 1.24. The van der Waals surface area contributed by atoms with Crippen LogP contribution < -0.4 is 0 Å². The SMILES string of the molecule is O=C(/C=C/c1ccco1)N1CCN(Cc2ccc(Cl)cc2)CC1. The predicted octanol–water partition coefficient (Wildman–Crippen LogP) is 3.29. The molecule has 1 aliphatic rings. The van der Waals surface area contributed by atoms with Crippen LogP contribution in [0.15, 0.2) is 53.2 Å². The molecule has 0 radical (unpaired) electrons. The van der Waals surface area contributed by atoms with Crippen LogP contribution in [0.3, 0.4) is 0 Å². The van der Waals surface area contributed by atoms with Crippen molar-refractivity contribution in [2.75, 3.05) is 26.2 Å². The smallest absolute Gasteiger partial charge is 0.246 e. The molecule has 4 nitrogen and oxygen atoms in total. The maximum Gasteiger partial charge on any atom is 0.246 e. The standard InChI is InChI=1S/C18H19ClN2O2/c19-16-5-3-15(4-6-16)14-20-9-11-21(12-10-20)18(22)8-7-17-2-1-13-23-17/h1-8,13H,9-12,14H2/b8-7+. The first-order valence-electron chi connectivity index (χ1n) is 7.68. The van der Waals surface area contributed by atoms with Crippen LogP contribution in [0.1, 0.15) is 11.3 Å². The fraction of sp³-hybridized carbons (Fsp3) is 0.278. The van der Waals surface area contributed by atoms with Gasteiger partial charge in [0.05, 0.1) is 6.26 Å². The molecule has 23 heavy (non-hydrogen) atoms. The van der Waals surface area contributed by atoms with Crippen molar-refractivity contribution in [3.8, 4) is 0 Å². The first-order chi connectivity index (χ1) is 11.2. The van der Waals surface area contributed by atoms with Gasteiger partial charge in [-0.3, -0.25) is 9.69 Å². The van der Waals surface area contributed by atoms with Gasteiger partial charge in [-0.25, -0.2) is 0 Å². The van der Waals surface area contributed by atoms with Crippen molar-refractivity contribution in [3.63, 3.8) is 0 Å². The summed E-state index contributed by atoms with van der Waals surface area (Å²) in [5, 5.41) is 0.757. The highest BCUT2D eigenvalue weighted by Gasteiger charge is 2.19. The number of benzene rings is 1. The fourth-order valence-corrected chi connectivity index (χ4v) is 2.75. The summed E-state index contributed by atoms with van der Waals surface area (Å²) in [4.78, 5) is 16.4. The van der Waals surface area contributed by atoms with Gasteiger partial charge in [0.25, 0.3) is 0 Å². The molecule has 2 heterocycles. The summed E-state index contributed by atoms with van der Waals surface area (Å²) in [6.45, 7) is 4.14. The van der Waals surface area contributed by atoms with Crippen LogP contribution in [0.4, 0.5) is 0 Å². The van der Waals surface area contributed by atoms with E-state index in [1.807, 2.05) is 35.2 Å². The van der Waals surface area contributed by atoms with Crippen LogP contribution in [-0.2, 0) is 11.3 Å². The number of furan rings is 1. The monoisotopic (exact) mass is 330 g/mol. The van der Waals surface area contributed by atoms with E-state index in [0.717, 1.165) is 37.7 Å². The molecule has 3 rings (SSSR count). The Bertz CT molecular complexity index is 657. The number of hydrogen-bond donors (Lipinski definition) is 0. The minimum Gasteiger partial charge on any atom is -0.465 e. The summed E-state index contributed by atoms with van der Waals surface area (Å²) < 4.78 is 5.19. The maximum atomic E-state index is 12.2. The molecule has 1 fully saturated rings. The zero-order valence-electron chi connectivity index (χ0n) is 12.8. The highest BCUT2D eigenvalue weighted by atomic mass is 35.5. The molecule has 1 amide bonds.